The summed E-state index contributed by atoms with van der Waals surface area (Å²) in [6.07, 6.45) is 9.63. The summed E-state index contributed by atoms with van der Waals surface area (Å²) in [5.41, 5.74) is 0. The third kappa shape index (κ3) is 2.28. The van der Waals surface area contributed by atoms with Crippen molar-refractivity contribution in [2.45, 2.75) is 31.7 Å². The molecule has 108 valence electrons. The molecule has 2 fully saturated rings. The van der Waals surface area contributed by atoms with Crippen molar-refractivity contribution in [1.82, 2.24) is 4.90 Å². The topological polar surface area (TPSA) is 46.6 Å². The van der Waals surface area contributed by atoms with Crippen LogP contribution in [0.2, 0.25) is 0 Å². The third-order valence-electron chi connectivity index (χ3n) is 4.75. The molecular formula is C16H21NO3. The molecule has 1 amide bonds. The molecule has 0 unspecified atom stereocenters. The van der Waals surface area contributed by atoms with E-state index in [1.54, 1.807) is 11.0 Å². The first-order valence-electron chi connectivity index (χ1n) is 7.47. The van der Waals surface area contributed by atoms with Crippen molar-refractivity contribution in [1.29, 1.82) is 0 Å². The van der Waals surface area contributed by atoms with Gasteiger partial charge in [0.1, 0.15) is 12.6 Å². The van der Waals surface area contributed by atoms with Crippen molar-refractivity contribution < 1.29 is 14.3 Å². The standard InChI is InChI=1S/C16H21NO3/c1-2-8-20-16(19)14-4-3-7-17(14)15(18)13-10-11-5-6-12(13)9-11/h2,5-6,11-14H,1,3-4,7-10H2/t11-,12+,13-,14+/m1/s1. The molecular weight excluding hydrogens is 254 g/mol. The first-order chi connectivity index (χ1) is 9.70. The van der Waals surface area contributed by atoms with Crippen molar-refractivity contribution in [3.8, 4) is 0 Å². The van der Waals surface area contributed by atoms with Gasteiger partial charge in [-0.2, -0.15) is 0 Å². The number of likely N-dealkylation sites (tertiary alicyclic amines) is 1. The Labute approximate surface area is 119 Å². The van der Waals surface area contributed by atoms with Gasteiger partial charge in [-0.15, -0.1) is 0 Å². The van der Waals surface area contributed by atoms with Crippen molar-refractivity contribution in [2.75, 3.05) is 13.2 Å². The Balaban J connectivity index is 1.66. The first kappa shape index (κ1) is 13.4. The number of nitrogens with zero attached hydrogens (tertiary/aromatic N) is 1. The zero-order valence-corrected chi connectivity index (χ0v) is 11.7. The Kier molecular flexibility index (Phi) is 3.64. The van der Waals surface area contributed by atoms with Crippen LogP contribution in [0.3, 0.4) is 0 Å². The van der Waals surface area contributed by atoms with Gasteiger partial charge in [0, 0.05) is 12.5 Å². The molecule has 0 aromatic rings. The van der Waals surface area contributed by atoms with Gasteiger partial charge in [0.2, 0.25) is 5.91 Å². The Hall–Kier alpha value is -1.58. The van der Waals surface area contributed by atoms with E-state index in [1.165, 1.54) is 0 Å². The van der Waals surface area contributed by atoms with Gasteiger partial charge in [-0.1, -0.05) is 24.8 Å². The number of hydrogen-bond donors (Lipinski definition) is 0. The number of amides is 1. The number of ether oxygens (including phenoxy) is 1. The van der Waals surface area contributed by atoms with E-state index in [9.17, 15) is 9.59 Å². The molecule has 1 saturated carbocycles. The normalized spacial score (nSPS) is 34.5. The summed E-state index contributed by atoms with van der Waals surface area (Å²) in [6, 6.07) is -0.384. The fraction of sp³-hybridized carbons (Fsp3) is 0.625. The van der Waals surface area contributed by atoms with Crippen LogP contribution in [-0.2, 0) is 14.3 Å². The minimum Gasteiger partial charge on any atom is -0.460 e. The number of hydrogen-bond acceptors (Lipinski definition) is 3. The van der Waals surface area contributed by atoms with Gasteiger partial charge in [-0.05, 0) is 37.5 Å². The van der Waals surface area contributed by atoms with E-state index in [0.717, 1.165) is 25.7 Å². The monoisotopic (exact) mass is 275 g/mol. The van der Waals surface area contributed by atoms with Gasteiger partial charge in [-0.25, -0.2) is 4.79 Å². The number of esters is 1. The Morgan fingerprint density at radius 3 is 2.85 bits per heavy atom. The summed E-state index contributed by atoms with van der Waals surface area (Å²) in [5.74, 6) is 0.910. The second kappa shape index (κ2) is 5.43. The molecule has 1 saturated heterocycles. The zero-order valence-electron chi connectivity index (χ0n) is 11.7. The fourth-order valence-electron chi connectivity index (χ4n) is 3.79. The van der Waals surface area contributed by atoms with Crippen LogP contribution in [0.1, 0.15) is 25.7 Å². The molecule has 0 radical (unpaired) electrons. The third-order valence-corrected chi connectivity index (χ3v) is 4.75. The molecule has 1 heterocycles. The van der Waals surface area contributed by atoms with E-state index in [-0.39, 0.29) is 30.4 Å². The molecule has 20 heavy (non-hydrogen) atoms. The molecule has 0 N–H and O–H groups in total. The Morgan fingerprint density at radius 2 is 2.20 bits per heavy atom. The van der Waals surface area contributed by atoms with E-state index < -0.39 is 0 Å². The maximum atomic E-state index is 12.7. The molecule has 4 atom stereocenters. The summed E-state index contributed by atoms with van der Waals surface area (Å²) in [6.45, 7) is 4.44. The Bertz CT molecular complexity index is 457. The van der Waals surface area contributed by atoms with Crippen molar-refractivity contribution in [3.05, 3.63) is 24.8 Å². The molecule has 3 rings (SSSR count). The van der Waals surface area contributed by atoms with Gasteiger partial charge in [0.05, 0.1) is 0 Å². The highest BCUT2D eigenvalue weighted by molar-refractivity contribution is 5.87. The van der Waals surface area contributed by atoms with Crippen molar-refractivity contribution >= 4 is 11.9 Å². The van der Waals surface area contributed by atoms with Crippen LogP contribution in [0.15, 0.2) is 24.8 Å². The molecule has 0 spiro atoms. The number of fused-ring (bicyclic) bond motifs is 2. The SMILES string of the molecule is C=CCOC(=O)[C@@H]1CCCN1C(=O)[C@@H]1C[C@@H]2C=C[C@H]1C2. The first-order valence-corrected chi connectivity index (χ1v) is 7.47. The van der Waals surface area contributed by atoms with Crippen LogP contribution in [0.5, 0.6) is 0 Å². The quantitative estimate of drug-likeness (QED) is 0.581. The largest absolute Gasteiger partial charge is 0.460 e. The highest BCUT2D eigenvalue weighted by Gasteiger charge is 2.45. The van der Waals surface area contributed by atoms with Gasteiger partial charge >= 0.3 is 5.97 Å². The predicted molar refractivity (Wildman–Crippen MR) is 74.7 cm³/mol. The molecule has 1 aliphatic heterocycles. The fourth-order valence-corrected chi connectivity index (χ4v) is 3.79. The lowest BCUT2D eigenvalue weighted by atomic mass is 9.92. The average Bonchev–Trinajstić information content (AvgIpc) is 3.18. The summed E-state index contributed by atoms with van der Waals surface area (Å²) in [7, 11) is 0. The van der Waals surface area contributed by atoms with Crippen molar-refractivity contribution in [2.24, 2.45) is 17.8 Å². The Morgan fingerprint density at radius 1 is 1.35 bits per heavy atom. The molecule has 4 heteroatoms. The molecule has 3 aliphatic rings. The van der Waals surface area contributed by atoms with Crippen LogP contribution in [0.25, 0.3) is 0 Å². The van der Waals surface area contributed by atoms with Crippen LogP contribution >= 0.6 is 0 Å². The maximum absolute atomic E-state index is 12.7. The minimum absolute atomic E-state index is 0.0813. The molecule has 2 aliphatic carbocycles. The molecule has 0 aromatic carbocycles. The van der Waals surface area contributed by atoms with Gasteiger partial charge in [0.25, 0.3) is 0 Å². The predicted octanol–water partition coefficient (Wildman–Crippen LogP) is 1.92. The zero-order chi connectivity index (χ0) is 14.1. The van der Waals surface area contributed by atoms with Crippen molar-refractivity contribution in [3.63, 3.8) is 0 Å². The van der Waals surface area contributed by atoms with Crippen LogP contribution in [-0.4, -0.2) is 36.0 Å². The summed E-state index contributed by atoms with van der Waals surface area (Å²) in [5, 5.41) is 0. The summed E-state index contributed by atoms with van der Waals surface area (Å²) in [4.78, 5) is 26.5. The summed E-state index contributed by atoms with van der Waals surface area (Å²) >= 11 is 0. The lowest BCUT2D eigenvalue weighted by molar-refractivity contribution is -0.154. The van der Waals surface area contributed by atoms with Gasteiger partial charge in [0.15, 0.2) is 0 Å². The highest BCUT2D eigenvalue weighted by atomic mass is 16.5. The van der Waals surface area contributed by atoms with Crippen LogP contribution in [0, 0.1) is 17.8 Å². The van der Waals surface area contributed by atoms with E-state index in [1.807, 2.05) is 0 Å². The number of carbonyl (C=O) groups excluding carboxylic acids is 2. The highest BCUT2D eigenvalue weighted by Crippen LogP contribution is 2.44. The lowest BCUT2D eigenvalue weighted by Crippen LogP contribution is -2.45. The minimum atomic E-state index is -0.384. The molecule has 2 bridgehead atoms. The van der Waals surface area contributed by atoms with E-state index in [4.69, 9.17) is 4.74 Å². The van der Waals surface area contributed by atoms with Gasteiger partial charge < -0.3 is 9.64 Å². The number of allylic oxidation sites excluding steroid dienone is 2. The molecule has 0 aromatic heterocycles. The van der Waals surface area contributed by atoms with E-state index in [0.29, 0.717) is 18.4 Å². The smallest absolute Gasteiger partial charge is 0.329 e. The molecule has 4 nitrogen and oxygen atoms in total. The number of carbonyl (C=O) groups is 2. The van der Waals surface area contributed by atoms with Gasteiger partial charge in [-0.3, -0.25) is 4.79 Å². The second-order valence-corrected chi connectivity index (χ2v) is 6.00. The van der Waals surface area contributed by atoms with Crippen LogP contribution in [0.4, 0.5) is 0 Å². The van der Waals surface area contributed by atoms with E-state index in [2.05, 4.69) is 18.7 Å². The lowest BCUT2D eigenvalue weighted by Gasteiger charge is -2.28. The maximum Gasteiger partial charge on any atom is 0.329 e. The summed E-state index contributed by atoms with van der Waals surface area (Å²) < 4.78 is 5.12. The number of rotatable bonds is 4. The van der Waals surface area contributed by atoms with Crippen LogP contribution < -0.4 is 0 Å². The second-order valence-electron chi connectivity index (χ2n) is 6.00. The average molecular weight is 275 g/mol. The van der Waals surface area contributed by atoms with E-state index >= 15 is 0 Å².